The average Bonchev–Trinajstić information content (AvgIpc) is 3.69. The molecular weight excluding hydrogens is 589 g/mol. The number of hydrogen-bond donors (Lipinski definition) is 4. The minimum Gasteiger partial charge on any atom is -0.746 e. The number of ether oxygens (including phenoxy) is 1. The van der Waals surface area contributed by atoms with Gasteiger partial charge in [-0.1, -0.05) is 0 Å². The highest BCUT2D eigenvalue weighted by Crippen LogP contribution is 2.42. The number of carbonyl (C=O) groups is 1. The highest BCUT2D eigenvalue weighted by molar-refractivity contribution is 8.15. The molecule has 2 aliphatic rings. The lowest BCUT2D eigenvalue weighted by molar-refractivity contribution is -0.227. The number of imidazole rings is 1. The second-order valence-corrected chi connectivity index (χ2v) is 12.1. The largest absolute Gasteiger partial charge is 0.746 e. The maximum atomic E-state index is 12.5. The Morgan fingerprint density at radius 1 is 1.27 bits per heavy atom. The van der Waals surface area contributed by atoms with Gasteiger partial charge in [0.15, 0.2) is 23.7 Å². The minimum absolute atomic E-state index is 0.0897. The number of phenolic OH excluding ortho intramolecular Hbond substituents is 1. The van der Waals surface area contributed by atoms with Crippen LogP contribution in [0.2, 0.25) is 0 Å². The summed E-state index contributed by atoms with van der Waals surface area (Å²) in [4.78, 5) is 45.5. The van der Waals surface area contributed by atoms with Crippen LogP contribution in [0.3, 0.4) is 0 Å². The molecule has 2 aliphatic heterocycles. The van der Waals surface area contributed by atoms with Crippen LogP contribution >= 0.6 is 30.9 Å². The highest BCUT2D eigenvalue weighted by Gasteiger charge is 2.45. The van der Waals surface area contributed by atoms with Gasteiger partial charge in [-0.2, -0.15) is 0 Å². The van der Waals surface area contributed by atoms with Crippen LogP contribution in [0.5, 0.6) is 5.75 Å². The van der Waals surface area contributed by atoms with E-state index in [2.05, 4.69) is 29.5 Å². The van der Waals surface area contributed by atoms with Crippen LogP contribution in [-0.4, -0.2) is 87.5 Å². The van der Waals surface area contributed by atoms with Gasteiger partial charge in [0.1, 0.15) is 46.0 Å². The van der Waals surface area contributed by atoms with E-state index in [1.165, 1.54) is 46.4 Å². The monoisotopic (exact) mass is 608 g/mol. The number of aliphatic hydroxyl groups is 2. The summed E-state index contributed by atoms with van der Waals surface area (Å²) in [6.45, 7) is -0.751. The van der Waals surface area contributed by atoms with E-state index in [0.29, 0.717) is 15.6 Å². The van der Waals surface area contributed by atoms with Gasteiger partial charge in [-0.3, -0.25) is 14.1 Å². The van der Waals surface area contributed by atoms with Crippen LogP contribution in [0, 0.1) is 0 Å². The van der Waals surface area contributed by atoms with E-state index in [1.807, 2.05) is 0 Å². The summed E-state index contributed by atoms with van der Waals surface area (Å²) in [5, 5.41) is 31.5. The number of carbonyl (C=O) groups excluding carboxylic acids is 1. The summed E-state index contributed by atoms with van der Waals surface area (Å²) in [7, 11) is -5.19. The summed E-state index contributed by atoms with van der Waals surface area (Å²) >= 11 is 2.47. The molecule has 40 heavy (non-hydrogen) atoms. The lowest BCUT2D eigenvalue weighted by Crippen LogP contribution is -2.34. The molecule has 0 radical (unpaired) electrons. The Kier molecular flexibility index (Phi) is 6.96. The third-order valence-corrected chi connectivity index (χ3v) is 9.15. The predicted molar refractivity (Wildman–Crippen MR) is 139 cm³/mol. The van der Waals surface area contributed by atoms with Crippen molar-refractivity contribution < 1.29 is 43.4 Å². The van der Waals surface area contributed by atoms with E-state index in [1.54, 1.807) is 12.1 Å². The number of hydrogen-bond acceptors (Lipinski definition) is 17. The number of thioether (sulfide) groups is 1. The molecule has 6 atom stereocenters. The number of anilines is 1. The Bertz CT molecular complexity index is 1700. The molecule has 1 unspecified atom stereocenters. The Hall–Kier alpha value is -3.22. The fourth-order valence-corrected chi connectivity index (χ4v) is 6.95. The van der Waals surface area contributed by atoms with Crippen molar-refractivity contribution in [3.8, 4) is 5.75 Å². The molecule has 19 heteroatoms. The number of phenols is 1. The number of aliphatic imine (C=N–C) groups is 1. The van der Waals surface area contributed by atoms with Crippen molar-refractivity contribution in [2.75, 3.05) is 18.1 Å². The molecule has 4 aromatic rings. The number of aromatic nitrogens is 5. The standard InChI is InChI=1S/C21H20N7O9PS2/c22-16-13-17(24-6-23-16)28(7-25-13)20-15(31)14(30)11(36-20)4-35-38(33,34)37-21(32)10-5-39-18(27-10)19-26-9-2-1-8(29)3-12(9)40-19/h1-3,6-7,10-11,14-15,20,29-31H,4-5H2,(H,33,34)(H2,22,23,24)/p-1/t10-,11+,14+,15+,20+/m0/s1. The minimum atomic E-state index is -5.19. The van der Waals surface area contributed by atoms with Crippen LogP contribution in [0.4, 0.5) is 5.82 Å². The van der Waals surface area contributed by atoms with Gasteiger partial charge in [0.2, 0.25) is 0 Å². The highest BCUT2D eigenvalue weighted by atomic mass is 32.2. The molecule has 1 fully saturated rings. The molecule has 0 bridgehead atoms. The molecule has 6 rings (SSSR count). The van der Waals surface area contributed by atoms with Crippen molar-refractivity contribution in [1.82, 2.24) is 24.5 Å². The van der Waals surface area contributed by atoms with Gasteiger partial charge in [-0.15, -0.1) is 23.1 Å². The van der Waals surface area contributed by atoms with Gasteiger partial charge in [-0.05, 0) is 18.2 Å². The van der Waals surface area contributed by atoms with Crippen molar-refractivity contribution in [2.24, 2.45) is 4.99 Å². The summed E-state index contributed by atoms with van der Waals surface area (Å²) in [6.07, 6.45) is -3.06. The quantitative estimate of drug-likeness (QED) is 0.201. The van der Waals surface area contributed by atoms with Crippen LogP contribution < -0.4 is 10.6 Å². The molecule has 3 aromatic heterocycles. The Labute approximate surface area is 232 Å². The smallest absolute Gasteiger partial charge is 0.337 e. The van der Waals surface area contributed by atoms with Crippen LogP contribution in [0.15, 0.2) is 35.8 Å². The number of fused-ring (bicyclic) bond motifs is 2. The number of aromatic hydroxyl groups is 1. The molecule has 1 saturated heterocycles. The van der Waals surface area contributed by atoms with E-state index >= 15 is 0 Å². The number of thiazole rings is 1. The zero-order valence-electron chi connectivity index (χ0n) is 20.0. The van der Waals surface area contributed by atoms with E-state index in [9.17, 15) is 29.6 Å². The molecule has 5 heterocycles. The van der Waals surface area contributed by atoms with Gasteiger partial charge in [0.25, 0.3) is 0 Å². The lowest BCUT2D eigenvalue weighted by atomic mass is 10.1. The first kappa shape index (κ1) is 27.0. The molecular formula is C21H19N7O9PS2-. The van der Waals surface area contributed by atoms with E-state index < -0.39 is 51.0 Å². The van der Waals surface area contributed by atoms with E-state index in [-0.39, 0.29) is 28.5 Å². The van der Waals surface area contributed by atoms with Crippen molar-refractivity contribution in [3.63, 3.8) is 0 Å². The number of phosphoric acid groups is 1. The number of aliphatic hydroxyl groups excluding tert-OH is 2. The Balaban J connectivity index is 1.08. The number of phosphoric ester groups is 1. The molecule has 0 aliphatic carbocycles. The topological polar surface area (TPSA) is 240 Å². The van der Waals surface area contributed by atoms with Gasteiger partial charge < -0.3 is 39.7 Å². The number of rotatable bonds is 7. The van der Waals surface area contributed by atoms with Crippen LogP contribution in [-0.2, 0) is 23.1 Å². The Morgan fingerprint density at radius 2 is 2.10 bits per heavy atom. The SMILES string of the molecule is Nc1ncnc2c1ncn2[C@@H]1O[C@H](COP(=O)([O-])OC(=O)[C@@H]2CSC(c3nc4ccc(O)cc4s3)=N2)[C@@H](O)[C@H]1O. The van der Waals surface area contributed by atoms with Crippen molar-refractivity contribution in [1.29, 1.82) is 0 Å². The van der Waals surface area contributed by atoms with Gasteiger partial charge >= 0.3 is 13.8 Å². The number of benzene rings is 1. The van der Waals surface area contributed by atoms with E-state index in [4.69, 9.17) is 15.0 Å². The number of nitrogen functional groups attached to an aromatic ring is 1. The first-order valence-corrected chi connectivity index (χ1v) is 14.8. The van der Waals surface area contributed by atoms with E-state index in [0.717, 1.165) is 4.70 Å². The third-order valence-electron chi connectivity index (χ3n) is 6.08. The first-order chi connectivity index (χ1) is 19.1. The molecule has 5 N–H and O–H groups in total. The van der Waals surface area contributed by atoms with Crippen molar-refractivity contribution in [3.05, 3.63) is 35.9 Å². The summed E-state index contributed by atoms with van der Waals surface area (Å²) in [5.41, 5.74) is 6.89. The van der Waals surface area contributed by atoms with Crippen molar-refractivity contribution in [2.45, 2.75) is 30.6 Å². The third kappa shape index (κ3) is 5.04. The molecule has 16 nitrogen and oxygen atoms in total. The zero-order chi connectivity index (χ0) is 28.2. The van der Waals surface area contributed by atoms with Gasteiger partial charge in [0.05, 0.1) is 23.2 Å². The fraction of sp³-hybridized carbons (Fsp3) is 0.333. The second-order valence-electron chi connectivity index (χ2n) is 8.71. The van der Waals surface area contributed by atoms with Crippen molar-refractivity contribution >= 4 is 69.1 Å². The number of nitrogens with two attached hydrogens (primary N) is 1. The zero-order valence-corrected chi connectivity index (χ0v) is 22.5. The molecule has 210 valence electrons. The summed E-state index contributed by atoms with van der Waals surface area (Å²) < 4.78 is 29.5. The first-order valence-electron chi connectivity index (χ1n) is 11.5. The van der Waals surface area contributed by atoms with Crippen LogP contribution in [0.1, 0.15) is 11.2 Å². The maximum Gasteiger partial charge on any atom is 0.337 e. The normalized spacial score (nSPS) is 26.3. The Morgan fingerprint density at radius 3 is 2.92 bits per heavy atom. The maximum absolute atomic E-state index is 12.5. The average molecular weight is 609 g/mol. The van der Waals surface area contributed by atoms with Gasteiger partial charge in [0, 0.05) is 5.75 Å². The predicted octanol–water partition coefficient (Wildman–Crippen LogP) is -0.0666. The lowest BCUT2D eigenvalue weighted by Gasteiger charge is -2.25. The van der Waals surface area contributed by atoms with Crippen LogP contribution in [0.25, 0.3) is 21.4 Å². The summed E-state index contributed by atoms with van der Waals surface area (Å²) in [6, 6.07) is 3.59. The second kappa shape index (κ2) is 10.3. The van der Waals surface area contributed by atoms with Gasteiger partial charge in [-0.25, -0.2) is 24.7 Å². The summed E-state index contributed by atoms with van der Waals surface area (Å²) in [5.74, 6) is -0.830. The fourth-order valence-electron chi connectivity index (χ4n) is 4.13. The molecule has 0 amide bonds. The number of nitrogens with zero attached hydrogens (tertiary/aromatic N) is 6. The molecule has 1 aromatic carbocycles. The molecule has 0 spiro atoms. The molecule has 0 saturated carbocycles.